The van der Waals surface area contributed by atoms with E-state index < -0.39 is 0 Å². The number of carbonyl (C=O) groups excluding carboxylic acids is 1. The first-order chi connectivity index (χ1) is 13.1. The zero-order chi connectivity index (χ0) is 19.2. The first-order valence-electron chi connectivity index (χ1n) is 10.6. The van der Waals surface area contributed by atoms with Crippen molar-refractivity contribution >= 4 is 5.91 Å². The molecule has 1 saturated carbocycles. The molecule has 1 saturated heterocycles. The fraction of sp³-hybridized carbons (Fsp3) is 0.850. The fourth-order valence-corrected chi connectivity index (χ4v) is 4.58. The van der Waals surface area contributed by atoms with Crippen LogP contribution in [0.25, 0.3) is 0 Å². The molecule has 0 aromatic carbocycles. The number of nitrogens with zero attached hydrogens (tertiary/aromatic N) is 2. The largest absolute Gasteiger partial charge is 0.376 e. The average molecular weight is 380 g/mol. The van der Waals surface area contributed by atoms with Gasteiger partial charge in [-0.15, -0.1) is 0 Å². The third-order valence-electron chi connectivity index (χ3n) is 6.27. The topological polar surface area (TPSA) is 82.9 Å². The molecule has 7 heteroatoms. The molecule has 1 amide bonds. The van der Waals surface area contributed by atoms with Crippen LogP contribution in [0.3, 0.4) is 0 Å². The quantitative estimate of drug-likeness (QED) is 0.608. The van der Waals surface area contributed by atoms with Crippen LogP contribution in [0.4, 0.5) is 0 Å². The molecule has 1 aliphatic carbocycles. The summed E-state index contributed by atoms with van der Waals surface area (Å²) in [5.41, 5.74) is 11.2. The van der Waals surface area contributed by atoms with E-state index in [1.165, 1.54) is 18.4 Å². The third kappa shape index (κ3) is 5.44. The van der Waals surface area contributed by atoms with Gasteiger partial charge in [0, 0.05) is 32.4 Å². The van der Waals surface area contributed by atoms with E-state index in [0.717, 1.165) is 45.3 Å². The molecule has 3 rings (SSSR count). The number of carbonyl (C=O) groups is 1. The van der Waals surface area contributed by atoms with Crippen LogP contribution in [0.2, 0.25) is 0 Å². The molecule has 0 aromatic heterocycles. The number of piperidine rings is 1. The molecule has 0 spiro atoms. The Morgan fingerprint density at radius 2 is 2.11 bits per heavy atom. The third-order valence-corrected chi connectivity index (χ3v) is 6.27. The van der Waals surface area contributed by atoms with Crippen LogP contribution in [0, 0.1) is 5.92 Å². The van der Waals surface area contributed by atoms with E-state index in [9.17, 15) is 4.79 Å². The Balaban J connectivity index is 1.46. The molecule has 2 unspecified atom stereocenters. The van der Waals surface area contributed by atoms with Crippen LogP contribution in [0.5, 0.6) is 0 Å². The lowest BCUT2D eigenvalue weighted by Gasteiger charge is -2.41. The SMILES string of the molecule is CCNCC(=O)N1CCCC(N)C1COC1CCC(C2=CN(C)NC2)CC1. The molecule has 2 aliphatic heterocycles. The summed E-state index contributed by atoms with van der Waals surface area (Å²) in [5, 5.41) is 5.19. The van der Waals surface area contributed by atoms with Gasteiger partial charge in [0.25, 0.3) is 0 Å². The smallest absolute Gasteiger partial charge is 0.236 e. The van der Waals surface area contributed by atoms with Gasteiger partial charge < -0.3 is 25.7 Å². The highest BCUT2D eigenvalue weighted by Crippen LogP contribution is 2.32. The van der Waals surface area contributed by atoms with Gasteiger partial charge in [-0.1, -0.05) is 6.92 Å². The maximum atomic E-state index is 12.5. The van der Waals surface area contributed by atoms with Crippen LogP contribution in [0.1, 0.15) is 45.4 Å². The molecule has 2 heterocycles. The summed E-state index contributed by atoms with van der Waals surface area (Å²) < 4.78 is 6.27. The maximum absolute atomic E-state index is 12.5. The van der Waals surface area contributed by atoms with Crippen LogP contribution in [-0.4, -0.2) is 73.8 Å². The Hall–Kier alpha value is -1.15. The normalized spacial score (nSPS) is 31.9. The Labute approximate surface area is 163 Å². The van der Waals surface area contributed by atoms with E-state index in [-0.39, 0.29) is 18.0 Å². The molecule has 154 valence electrons. The minimum Gasteiger partial charge on any atom is -0.376 e. The molecular formula is C20H37N5O2. The van der Waals surface area contributed by atoms with Crippen LogP contribution >= 0.6 is 0 Å². The van der Waals surface area contributed by atoms with Gasteiger partial charge in [-0.3, -0.25) is 4.79 Å². The first kappa shape index (κ1) is 20.6. The molecule has 3 aliphatic rings. The molecule has 0 bridgehead atoms. The summed E-state index contributed by atoms with van der Waals surface area (Å²) in [6.07, 6.45) is 9.06. The van der Waals surface area contributed by atoms with Crippen molar-refractivity contribution in [1.82, 2.24) is 20.7 Å². The van der Waals surface area contributed by atoms with Crippen molar-refractivity contribution in [1.29, 1.82) is 0 Å². The Bertz CT molecular complexity index is 519. The predicted octanol–water partition coefficient (Wildman–Crippen LogP) is 0.824. The van der Waals surface area contributed by atoms with Crippen LogP contribution in [-0.2, 0) is 9.53 Å². The van der Waals surface area contributed by atoms with E-state index in [1.807, 2.05) is 11.8 Å². The van der Waals surface area contributed by atoms with Crippen molar-refractivity contribution in [2.45, 2.75) is 63.6 Å². The van der Waals surface area contributed by atoms with Gasteiger partial charge in [0.2, 0.25) is 5.91 Å². The summed E-state index contributed by atoms with van der Waals surface area (Å²) in [4.78, 5) is 14.5. The summed E-state index contributed by atoms with van der Waals surface area (Å²) in [6, 6.07) is 0.0314. The average Bonchev–Trinajstić information content (AvgIpc) is 3.11. The summed E-state index contributed by atoms with van der Waals surface area (Å²) in [7, 11) is 2.05. The number of hydrogen-bond acceptors (Lipinski definition) is 6. The Kier molecular flexibility index (Phi) is 7.52. The number of hydrazine groups is 1. The number of nitrogens with one attached hydrogen (secondary N) is 2. The van der Waals surface area contributed by atoms with Gasteiger partial charge >= 0.3 is 0 Å². The Morgan fingerprint density at radius 3 is 2.78 bits per heavy atom. The summed E-state index contributed by atoms with van der Waals surface area (Å²) in [5.74, 6) is 0.825. The predicted molar refractivity (Wildman–Crippen MR) is 107 cm³/mol. The molecule has 7 nitrogen and oxygen atoms in total. The summed E-state index contributed by atoms with van der Waals surface area (Å²) in [6.45, 7) is 5.56. The second-order valence-corrected chi connectivity index (χ2v) is 8.20. The molecule has 4 N–H and O–H groups in total. The van der Waals surface area contributed by atoms with Crippen molar-refractivity contribution in [3.05, 3.63) is 11.8 Å². The van der Waals surface area contributed by atoms with Crippen molar-refractivity contribution in [2.24, 2.45) is 11.7 Å². The number of nitrogens with two attached hydrogens (primary N) is 1. The monoisotopic (exact) mass is 379 g/mol. The van der Waals surface area contributed by atoms with Gasteiger partial charge in [-0.05, 0) is 56.6 Å². The molecule has 2 atom stereocenters. The van der Waals surface area contributed by atoms with Crippen LogP contribution in [0.15, 0.2) is 11.8 Å². The lowest BCUT2D eigenvalue weighted by Crippen LogP contribution is -2.58. The highest BCUT2D eigenvalue weighted by atomic mass is 16.5. The number of likely N-dealkylation sites (tertiary alicyclic amines) is 1. The summed E-state index contributed by atoms with van der Waals surface area (Å²) >= 11 is 0. The highest BCUT2D eigenvalue weighted by Gasteiger charge is 2.33. The van der Waals surface area contributed by atoms with Crippen LogP contribution < -0.4 is 16.5 Å². The van der Waals surface area contributed by atoms with Gasteiger partial charge in [0.1, 0.15) is 0 Å². The number of likely N-dealkylation sites (N-methyl/N-ethyl adjacent to an activating group) is 1. The molecule has 2 fully saturated rings. The highest BCUT2D eigenvalue weighted by molar-refractivity contribution is 5.78. The first-order valence-corrected chi connectivity index (χ1v) is 10.6. The van der Waals surface area contributed by atoms with Gasteiger partial charge in [-0.25, -0.2) is 5.43 Å². The van der Waals surface area contributed by atoms with E-state index >= 15 is 0 Å². The van der Waals surface area contributed by atoms with Crippen molar-refractivity contribution < 1.29 is 9.53 Å². The fourth-order valence-electron chi connectivity index (χ4n) is 4.58. The second kappa shape index (κ2) is 9.87. The minimum atomic E-state index is 0.0121. The second-order valence-electron chi connectivity index (χ2n) is 8.20. The minimum absolute atomic E-state index is 0.0121. The molecular weight excluding hydrogens is 342 g/mol. The Morgan fingerprint density at radius 1 is 1.33 bits per heavy atom. The molecule has 0 radical (unpaired) electrons. The van der Waals surface area contributed by atoms with E-state index in [4.69, 9.17) is 10.5 Å². The van der Waals surface area contributed by atoms with Gasteiger partial charge in [0.15, 0.2) is 0 Å². The molecule has 27 heavy (non-hydrogen) atoms. The van der Waals surface area contributed by atoms with E-state index in [0.29, 0.717) is 25.2 Å². The number of amides is 1. The van der Waals surface area contributed by atoms with Gasteiger partial charge in [-0.2, -0.15) is 0 Å². The van der Waals surface area contributed by atoms with Crippen molar-refractivity contribution in [2.75, 3.05) is 39.8 Å². The van der Waals surface area contributed by atoms with Crippen molar-refractivity contribution in [3.63, 3.8) is 0 Å². The zero-order valence-electron chi connectivity index (χ0n) is 17.0. The van der Waals surface area contributed by atoms with Gasteiger partial charge in [0.05, 0.1) is 25.3 Å². The maximum Gasteiger partial charge on any atom is 0.236 e. The lowest BCUT2D eigenvalue weighted by molar-refractivity contribution is -0.137. The van der Waals surface area contributed by atoms with E-state index in [2.05, 4.69) is 29.0 Å². The van der Waals surface area contributed by atoms with Crippen molar-refractivity contribution in [3.8, 4) is 0 Å². The van der Waals surface area contributed by atoms with E-state index in [1.54, 1.807) is 0 Å². The number of ether oxygens (including phenoxy) is 1. The standard InChI is InChI=1S/C20H37N5O2/c1-3-22-12-20(26)25-10-4-5-18(21)19(25)14-27-17-8-6-15(7-9-17)16-11-23-24(2)13-16/h13,15,17-19,22-23H,3-12,14,21H2,1-2H3. The zero-order valence-corrected chi connectivity index (χ0v) is 17.0. The molecule has 0 aromatic rings. The number of rotatable bonds is 7. The number of hydrogen-bond donors (Lipinski definition) is 3. The lowest BCUT2D eigenvalue weighted by atomic mass is 9.83.